The van der Waals surface area contributed by atoms with Crippen LogP contribution in [0, 0.1) is 0 Å². The van der Waals surface area contributed by atoms with Gasteiger partial charge in [0.1, 0.15) is 0 Å². The zero-order valence-corrected chi connectivity index (χ0v) is 14.7. The van der Waals surface area contributed by atoms with Crippen molar-refractivity contribution in [2.75, 3.05) is 12.3 Å². The Labute approximate surface area is 134 Å². The lowest BCUT2D eigenvalue weighted by Crippen LogP contribution is -2.44. The normalized spacial score (nSPS) is 12.6. The number of benzene rings is 1. The molecule has 0 spiro atoms. The maximum atomic E-state index is 12.2. The van der Waals surface area contributed by atoms with Crippen molar-refractivity contribution >= 4 is 21.4 Å². The van der Waals surface area contributed by atoms with E-state index in [0.717, 1.165) is 25.8 Å². The van der Waals surface area contributed by atoms with Gasteiger partial charge in [0.05, 0.1) is 10.6 Å². The molecule has 0 aliphatic carbocycles. The first-order valence-electron chi connectivity index (χ1n) is 7.62. The van der Waals surface area contributed by atoms with Crippen molar-refractivity contribution in [1.29, 1.82) is 0 Å². The van der Waals surface area contributed by atoms with Gasteiger partial charge in [-0.2, -0.15) is 0 Å². The van der Waals surface area contributed by atoms with Crippen LogP contribution >= 0.6 is 11.6 Å². The van der Waals surface area contributed by atoms with Crippen molar-refractivity contribution in [3.8, 4) is 0 Å². The average molecular weight is 332 g/mol. The molecule has 0 aromatic heterocycles. The Morgan fingerprint density at radius 3 is 2.05 bits per heavy atom. The average Bonchev–Trinajstić information content (AvgIpc) is 2.49. The second kappa shape index (κ2) is 8.16. The molecule has 0 saturated carbocycles. The fraction of sp³-hybridized carbons (Fsp3) is 0.625. The predicted molar refractivity (Wildman–Crippen MR) is 89.7 cm³/mol. The molecule has 0 unspecified atom stereocenters. The van der Waals surface area contributed by atoms with Crippen molar-refractivity contribution in [3.63, 3.8) is 0 Å². The number of halogens is 1. The molecule has 0 saturated heterocycles. The molecule has 0 atom stereocenters. The molecule has 1 rings (SSSR count). The van der Waals surface area contributed by atoms with E-state index in [2.05, 4.69) is 26.1 Å². The van der Waals surface area contributed by atoms with E-state index in [9.17, 15) is 8.42 Å². The Balaban J connectivity index is 2.53. The third kappa shape index (κ3) is 5.28. The van der Waals surface area contributed by atoms with Gasteiger partial charge in [-0.1, -0.05) is 32.4 Å². The molecule has 0 radical (unpaired) electrons. The Morgan fingerprint density at radius 2 is 1.57 bits per heavy atom. The summed E-state index contributed by atoms with van der Waals surface area (Å²) in [7, 11) is -3.21. The third-order valence-electron chi connectivity index (χ3n) is 4.29. The van der Waals surface area contributed by atoms with Crippen LogP contribution < -0.4 is 5.32 Å². The van der Waals surface area contributed by atoms with E-state index in [4.69, 9.17) is 11.6 Å². The van der Waals surface area contributed by atoms with Crippen LogP contribution in [-0.4, -0.2) is 26.3 Å². The fourth-order valence-corrected chi connectivity index (χ4v) is 3.94. The standard InChI is InChI=1S/C16H26ClNO2S/c1-4-16(5-2,6-3)18-12-7-13-21(19,20)15-10-8-14(17)9-11-15/h8-11,18H,4-7,12-13H2,1-3H3. The van der Waals surface area contributed by atoms with Gasteiger partial charge in [-0.3, -0.25) is 0 Å². The quantitative estimate of drug-likeness (QED) is 0.694. The van der Waals surface area contributed by atoms with Crippen LogP contribution in [0.1, 0.15) is 46.5 Å². The summed E-state index contributed by atoms with van der Waals surface area (Å²) in [5, 5.41) is 4.08. The van der Waals surface area contributed by atoms with Gasteiger partial charge in [0.25, 0.3) is 0 Å². The Bertz CT molecular complexity index is 513. The second-order valence-electron chi connectivity index (χ2n) is 5.39. The summed E-state index contributed by atoms with van der Waals surface area (Å²) in [5.41, 5.74) is 0.143. The summed E-state index contributed by atoms with van der Waals surface area (Å²) in [6.45, 7) is 7.24. The first kappa shape index (κ1) is 18.5. The van der Waals surface area contributed by atoms with E-state index >= 15 is 0 Å². The molecule has 0 amide bonds. The monoisotopic (exact) mass is 331 g/mol. The molecule has 0 aliphatic rings. The molecule has 1 aromatic rings. The van der Waals surface area contributed by atoms with Gasteiger partial charge in [-0.25, -0.2) is 8.42 Å². The van der Waals surface area contributed by atoms with Crippen LogP contribution in [0.5, 0.6) is 0 Å². The van der Waals surface area contributed by atoms with Gasteiger partial charge in [0.2, 0.25) is 0 Å². The Hall–Kier alpha value is -0.580. The first-order chi connectivity index (χ1) is 9.89. The summed E-state index contributed by atoms with van der Waals surface area (Å²) in [6.07, 6.45) is 3.80. The lowest BCUT2D eigenvalue weighted by atomic mass is 9.90. The van der Waals surface area contributed by atoms with Crippen molar-refractivity contribution < 1.29 is 8.42 Å². The Morgan fingerprint density at radius 1 is 1.05 bits per heavy atom. The summed E-state index contributed by atoms with van der Waals surface area (Å²) in [6, 6.07) is 6.37. The summed E-state index contributed by atoms with van der Waals surface area (Å²) in [5.74, 6) is 0.162. The van der Waals surface area contributed by atoms with E-state index in [1.165, 1.54) is 0 Å². The number of hydrogen-bond donors (Lipinski definition) is 1. The molecule has 3 nitrogen and oxygen atoms in total. The van der Waals surface area contributed by atoms with Gasteiger partial charge in [0.15, 0.2) is 9.84 Å². The van der Waals surface area contributed by atoms with Crippen LogP contribution in [0.2, 0.25) is 5.02 Å². The molecule has 1 aromatic carbocycles. The van der Waals surface area contributed by atoms with Gasteiger partial charge in [-0.05, 0) is 56.5 Å². The molecule has 21 heavy (non-hydrogen) atoms. The molecule has 1 N–H and O–H groups in total. The van der Waals surface area contributed by atoms with Crippen molar-refractivity contribution in [2.24, 2.45) is 0 Å². The largest absolute Gasteiger partial charge is 0.311 e. The van der Waals surface area contributed by atoms with Crippen molar-refractivity contribution in [1.82, 2.24) is 5.32 Å². The smallest absolute Gasteiger partial charge is 0.178 e. The minimum absolute atomic E-state index is 0.143. The first-order valence-corrected chi connectivity index (χ1v) is 9.65. The maximum absolute atomic E-state index is 12.2. The summed E-state index contributed by atoms with van der Waals surface area (Å²) in [4.78, 5) is 0.347. The van der Waals surface area contributed by atoms with Gasteiger partial charge >= 0.3 is 0 Å². The van der Waals surface area contributed by atoms with Gasteiger partial charge in [0, 0.05) is 10.6 Å². The van der Waals surface area contributed by atoms with Crippen molar-refractivity contribution in [2.45, 2.75) is 56.9 Å². The highest BCUT2D eigenvalue weighted by Crippen LogP contribution is 2.19. The second-order valence-corrected chi connectivity index (χ2v) is 7.94. The lowest BCUT2D eigenvalue weighted by Gasteiger charge is -2.32. The molecule has 0 heterocycles. The van der Waals surface area contributed by atoms with Crippen LogP contribution in [0.15, 0.2) is 29.2 Å². The molecular weight excluding hydrogens is 306 g/mol. The maximum Gasteiger partial charge on any atom is 0.178 e. The highest BCUT2D eigenvalue weighted by atomic mass is 35.5. The summed E-state index contributed by atoms with van der Waals surface area (Å²) >= 11 is 5.78. The van der Waals surface area contributed by atoms with E-state index < -0.39 is 9.84 Å². The number of nitrogens with one attached hydrogen (secondary N) is 1. The van der Waals surface area contributed by atoms with E-state index in [0.29, 0.717) is 16.3 Å². The van der Waals surface area contributed by atoms with E-state index in [1.54, 1.807) is 24.3 Å². The molecule has 0 bridgehead atoms. The van der Waals surface area contributed by atoms with Crippen LogP contribution in [0.25, 0.3) is 0 Å². The van der Waals surface area contributed by atoms with Crippen LogP contribution in [-0.2, 0) is 9.84 Å². The highest BCUT2D eigenvalue weighted by Gasteiger charge is 2.22. The third-order valence-corrected chi connectivity index (χ3v) is 6.36. The molecular formula is C16H26ClNO2S. The van der Waals surface area contributed by atoms with Gasteiger partial charge in [-0.15, -0.1) is 0 Å². The zero-order chi connectivity index (χ0) is 15.9. The van der Waals surface area contributed by atoms with E-state index in [1.807, 2.05) is 0 Å². The predicted octanol–water partition coefficient (Wildman–Crippen LogP) is 4.06. The Kier molecular flexibility index (Phi) is 7.17. The molecule has 5 heteroatoms. The minimum Gasteiger partial charge on any atom is -0.311 e. The fourth-order valence-electron chi connectivity index (χ4n) is 2.50. The molecule has 120 valence electrons. The zero-order valence-electron chi connectivity index (χ0n) is 13.2. The summed E-state index contributed by atoms with van der Waals surface area (Å²) < 4.78 is 24.4. The van der Waals surface area contributed by atoms with Crippen LogP contribution in [0.3, 0.4) is 0 Å². The number of rotatable bonds is 9. The molecule has 0 aliphatic heterocycles. The SMILES string of the molecule is CCC(CC)(CC)NCCCS(=O)(=O)c1ccc(Cl)cc1. The minimum atomic E-state index is -3.21. The number of sulfone groups is 1. The number of hydrogen-bond acceptors (Lipinski definition) is 3. The van der Waals surface area contributed by atoms with E-state index in [-0.39, 0.29) is 11.3 Å². The van der Waals surface area contributed by atoms with Crippen molar-refractivity contribution in [3.05, 3.63) is 29.3 Å². The van der Waals surface area contributed by atoms with Gasteiger partial charge < -0.3 is 5.32 Å². The highest BCUT2D eigenvalue weighted by molar-refractivity contribution is 7.91. The van der Waals surface area contributed by atoms with Crippen LogP contribution in [0.4, 0.5) is 0 Å². The topological polar surface area (TPSA) is 46.2 Å². The molecule has 0 fully saturated rings. The lowest BCUT2D eigenvalue weighted by molar-refractivity contribution is 0.291.